The summed E-state index contributed by atoms with van der Waals surface area (Å²) < 4.78 is 8.46. The number of hydrogen-bond donors (Lipinski definition) is 1. The number of nitrogens with zero attached hydrogens (tertiary/aromatic N) is 4. The second kappa shape index (κ2) is 7.30. The van der Waals surface area contributed by atoms with Gasteiger partial charge in [0.15, 0.2) is 0 Å². The molecule has 0 unspecified atom stereocenters. The van der Waals surface area contributed by atoms with Crippen molar-refractivity contribution < 1.29 is 9.53 Å². The number of amides is 1. The van der Waals surface area contributed by atoms with Gasteiger partial charge in [-0.3, -0.25) is 14.2 Å². The van der Waals surface area contributed by atoms with Crippen LogP contribution in [0.1, 0.15) is 34.6 Å². The van der Waals surface area contributed by atoms with Crippen LogP contribution in [-0.4, -0.2) is 32.1 Å². The highest BCUT2D eigenvalue weighted by Crippen LogP contribution is 2.20. The lowest BCUT2D eigenvalue weighted by molar-refractivity contribution is 0.102. The van der Waals surface area contributed by atoms with Crippen LogP contribution in [0.5, 0.6) is 5.88 Å². The molecule has 4 rings (SSSR count). The summed E-state index contributed by atoms with van der Waals surface area (Å²) in [4.78, 5) is 34.4. The van der Waals surface area contributed by atoms with Gasteiger partial charge in [-0.2, -0.15) is 0 Å². The second-order valence-electron chi connectivity index (χ2n) is 6.73. The van der Waals surface area contributed by atoms with Crippen LogP contribution < -0.4 is 15.6 Å². The van der Waals surface area contributed by atoms with E-state index in [0.29, 0.717) is 22.9 Å². The molecule has 8 heteroatoms. The Kier molecular flexibility index (Phi) is 4.68. The number of imidazole rings is 1. The van der Waals surface area contributed by atoms with Crippen molar-refractivity contribution in [2.45, 2.75) is 32.7 Å². The van der Waals surface area contributed by atoms with Crippen LogP contribution in [-0.2, 0) is 13.0 Å². The smallest absolute Gasteiger partial charge is 0.268 e. The van der Waals surface area contributed by atoms with E-state index in [1.54, 1.807) is 37.5 Å². The number of rotatable bonds is 4. The lowest BCUT2D eigenvalue weighted by Crippen LogP contribution is -2.30. The summed E-state index contributed by atoms with van der Waals surface area (Å²) in [6, 6.07) is 5.13. The quantitative estimate of drug-likeness (QED) is 0.751. The monoisotopic (exact) mass is 379 g/mol. The van der Waals surface area contributed by atoms with Crippen molar-refractivity contribution in [2.75, 3.05) is 12.4 Å². The van der Waals surface area contributed by atoms with E-state index in [0.717, 1.165) is 31.6 Å². The first-order chi connectivity index (χ1) is 13.6. The van der Waals surface area contributed by atoms with Crippen LogP contribution >= 0.6 is 0 Å². The number of anilines is 1. The minimum absolute atomic E-state index is 0.102. The van der Waals surface area contributed by atoms with Gasteiger partial charge in [0.1, 0.15) is 17.2 Å². The molecule has 1 amide bonds. The number of pyridine rings is 2. The minimum Gasteiger partial charge on any atom is -0.481 e. The van der Waals surface area contributed by atoms with Gasteiger partial charge in [0.05, 0.1) is 25.2 Å². The van der Waals surface area contributed by atoms with Gasteiger partial charge in [0, 0.05) is 25.2 Å². The molecule has 1 N–H and O–H groups in total. The van der Waals surface area contributed by atoms with Gasteiger partial charge in [0.2, 0.25) is 5.88 Å². The highest BCUT2D eigenvalue weighted by molar-refractivity contribution is 6.04. The van der Waals surface area contributed by atoms with Crippen molar-refractivity contribution in [1.82, 2.24) is 19.1 Å². The van der Waals surface area contributed by atoms with E-state index in [9.17, 15) is 9.59 Å². The van der Waals surface area contributed by atoms with Crippen molar-refractivity contribution in [3.05, 3.63) is 64.1 Å². The molecule has 0 fully saturated rings. The van der Waals surface area contributed by atoms with Crippen molar-refractivity contribution in [2.24, 2.45) is 0 Å². The molecule has 28 heavy (non-hydrogen) atoms. The molecule has 0 saturated heterocycles. The summed E-state index contributed by atoms with van der Waals surface area (Å²) in [5.74, 6) is 1.60. The standard InChI is InChI=1S/C20H21N5O3/c1-13-8-10-24(14-6-7-17(28-2)22-11-14)20(27)18(13)19(26)23-16-12-21-15-5-3-4-9-25(15)16/h6-8,10-12H,3-5,9H2,1-2H3,(H,23,26). The second-order valence-corrected chi connectivity index (χ2v) is 6.73. The molecule has 0 aliphatic carbocycles. The van der Waals surface area contributed by atoms with Crippen LogP contribution in [0.2, 0.25) is 0 Å². The Morgan fingerprint density at radius 3 is 2.79 bits per heavy atom. The summed E-state index contributed by atoms with van der Waals surface area (Å²) in [5.41, 5.74) is 0.868. The molecule has 1 aliphatic heterocycles. The fourth-order valence-corrected chi connectivity index (χ4v) is 3.44. The zero-order valence-electron chi connectivity index (χ0n) is 15.8. The summed E-state index contributed by atoms with van der Waals surface area (Å²) in [6.07, 6.45) is 7.88. The number of ether oxygens (including phenoxy) is 1. The Morgan fingerprint density at radius 2 is 2.04 bits per heavy atom. The van der Waals surface area contributed by atoms with Gasteiger partial charge in [-0.25, -0.2) is 9.97 Å². The highest BCUT2D eigenvalue weighted by atomic mass is 16.5. The van der Waals surface area contributed by atoms with E-state index in [2.05, 4.69) is 15.3 Å². The third-order valence-electron chi connectivity index (χ3n) is 4.95. The molecule has 3 aromatic heterocycles. The number of carbonyl (C=O) groups excluding carboxylic acids is 1. The lowest BCUT2D eigenvalue weighted by atomic mass is 10.1. The molecular weight excluding hydrogens is 358 g/mol. The summed E-state index contributed by atoms with van der Waals surface area (Å²) in [5, 5.41) is 2.86. The van der Waals surface area contributed by atoms with Crippen LogP contribution in [0.4, 0.5) is 5.82 Å². The Balaban J connectivity index is 1.68. The molecule has 1 aliphatic rings. The molecule has 8 nitrogen and oxygen atoms in total. The number of aromatic nitrogens is 4. The largest absolute Gasteiger partial charge is 0.481 e. The van der Waals surface area contributed by atoms with Crippen molar-refractivity contribution in [3.63, 3.8) is 0 Å². The molecule has 0 saturated carbocycles. The molecule has 0 spiro atoms. The highest BCUT2D eigenvalue weighted by Gasteiger charge is 2.20. The summed E-state index contributed by atoms with van der Waals surface area (Å²) >= 11 is 0. The van der Waals surface area contributed by atoms with E-state index in [1.165, 1.54) is 17.9 Å². The van der Waals surface area contributed by atoms with Gasteiger partial charge in [0.25, 0.3) is 11.5 Å². The number of carbonyl (C=O) groups is 1. The first-order valence-corrected chi connectivity index (χ1v) is 9.17. The van der Waals surface area contributed by atoms with Gasteiger partial charge in [-0.05, 0) is 37.5 Å². The Labute approximate surface area is 161 Å². The molecule has 0 bridgehead atoms. The first-order valence-electron chi connectivity index (χ1n) is 9.17. The van der Waals surface area contributed by atoms with Crippen molar-refractivity contribution in [3.8, 4) is 11.6 Å². The predicted octanol–water partition coefficient (Wildman–Crippen LogP) is 2.33. The average Bonchev–Trinajstić information content (AvgIpc) is 3.11. The number of fused-ring (bicyclic) bond motifs is 1. The van der Waals surface area contributed by atoms with Crippen molar-refractivity contribution >= 4 is 11.7 Å². The van der Waals surface area contributed by atoms with Crippen molar-refractivity contribution in [1.29, 1.82) is 0 Å². The summed E-state index contributed by atoms with van der Waals surface area (Å²) in [6.45, 7) is 2.57. The number of hydrogen-bond acceptors (Lipinski definition) is 5. The van der Waals surface area contributed by atoms with Crippen LogP contribution in [0.3, 0.4) is 0 Å². The normalized spacial score (nSPS) is 13.1. The zero-order valence-corrected chi connectivity index (χ0v) is 15.8. The van der Waals surface area contributed by atoms with Gasteiger partial charge in [-0.15, -0.1) is 0 Å². The molecule has 3 aromatic rings. The van der Waals surface area contributed by atoms with E-state index in [4.69, 9.17) is 4.74 Å². The number of methoxy groups -OCH3 is 1. The van der Waals surface area contributed by atoms with Crippen LogP contribution in [0.15, 0.2) is 41.6 Å². The van der Waals surface area contributed by atoms with E-state index >= 15 is 0 Å². The third kappa shape index (κ3) is 3.17. The maximum Gasteiger partial charge on any atom is 0.268 e. The minimum atomic E-state index is -0.438. The SMILES string of the molecule is COc1ccc(-n2ccc(C)c(C(=O)Nc3cnc4n3CCCC4)c2=O)cn1. The number of nitrogens with one attached hydrogen (secondary N) is 1. The maximum absolute atomic E-state index is 13.0. The molecule has 0 atom stereocenters. The molecule has 0 radical (unpaired) electrons. The van der Waals surface area contributed by atoms with E-state index in [-0.39, 0.29) is 5.56 Å². The third-order valence-corrected chi connectivity index (χ3v) is 4.95. The average molecular weight is 379 g/mol. The molecule has 4 heterocycles. The topological polar surface area (TPSA) is 91.0 Å². The number of aryl methyl sites for hydroxylation is 2. The van der Waals surface area contributed by atoms with Crippen LogP contribution in [0.25, 0.3) is 5.69 Å². The zero-order chi connectivity index (χ0) is 19.7. The Bertz CT molecular complexity index is 1080. The van der Waals surface area contributed by atoms with Gasteiger partial charge >= 0.3 is 0 Å². The Morgan fingerprint density at radius 1 is 1.18 bits per heavy atom. The maximum atomic E-state index is 13.0. The fraction of sp³-hybridized carbons (Fsp3) is 0.300. The first kappa shape index (κ1) is 18.0. The molecule has 144 valence electrons. The summed E-state index contributed by atoms with van der Waals surface area (Å²) in [7, 11) is 1.53. The molecular formula is C20H21N5O3. The predicted molar refractivity (Wildman–Crippen MR) is 104 cm³/mol. The van der Waals surface area contributed by atoms with Crippen LogP contribution in [0, 0.1) is 6.92 Å². The van der Waals surface area contributed by atoms with E-state index < -0.39 is 11.5 Å². The van der Waals surface area contributed by atoms with E-state index in [1.807, 2.05) is 4.57 Å². The lowest BCUT2D eigenvalue weighted by Gasteiger charge is -2.17. The van der Waals surface area contributed by atoms with Gasteiger partial charge in [-0.1, -0.05) is 0 Å². The Hall–Kier alpha value is -3.42. The van der Waals surface area contributed by atoms with Gasteiger partial charge < -0.3 is 14.6 Å². The fourth-order valence-electron chi connectivity index (χ4n) is 3.44. The molecule has 0 aromatic carbocycles.